The van der Waals surface area contributed by atoms with Crippen molar-refractivity contribution in [2.24, 2.45) is 5.73 Å². The Kier molecular flexibility index (Phi) is 5.17. The van der Waals surface area contributed by atoms with Crippen molar-refractivity contribution in [1.82, 2.24) is 14.7 Å². The minimum absolute atomic E-state index is 0.0533. The van der Waals surface area contributed by atoms with Crippen molar-refractivity contribution in [1.29, 1.82) is 0 Å². The first-order valence-corrected chi connectivity index (χ1v) is 6.93. The standard InChI is InChI=1S/C13H26N4O2/c1-5-15(6-2)12(19)17-9-7-16(8-10-17)11(18)13(3,4)14/h5-10,14H2,1-4H3. The second-order valence-electron chi connectivity index (χ2n) is 5.46. The van der Waals surface area contributed by atoms with Gasteiger partial charge in [0.15, 0.2) is 0 Å². The SMILES string of the molecule is CCN(CC)C(=O)N1CCN(C(=O)C(C)(C)N)CC1. The van der Waals surface area contributed by atoms with Crippen LogP contribution in [0.3, 0.4) is 0 Å². The van der Waals surface area contributed by atoms with Gasteiger partial charge in [-0.05, 0) is 27.7 Å². The average Bonchev–Trinajstić information content (AvgIpc) is 2.38. The molecule has 1 saturated heterocycles. The number of rotatable bonds is 3. The maximum atomic E-state index is 12.2. The molecule has 1 heterocycles. The summed E-state index contributed by atoms with van der Waals surface area (Å²) in [6.45, 7) is 11.1. The van der Waals surface area contributed by atoms with E-state index in [2.05, 4.69) is 0 Å². The van der Waals surface area contributed by atoms with E-state index in [0.29, 0.717) is 39.3 Å². The van der Waals surface area contributed by atoms with Crippen LogP contribution in [0.15, 0.2) is 0 Å². The molecule has 0 saturated carbocycles. The maximum Gasteiger partial charge on any atom is 0.320 e. The van der Waals surface area contributed by atoms with Crippen LogP contribution in [-0.2, 0) is 4.79 Å². The molecule has 0 radical (unpaired) electrons. The number of urea groups is 1. The van der Waals surface area contributed by atoms with E-state index < -0.39 is 5.54 Å². The fourth-order valence-corrected chi connectivity index (χ4v) is 2.20. The zero-order valence-electron chi connectivity index (χ0n) is 12.5. The van der Waals surface area contributed by atoms with Gasteiger partial charge in [0.2, 0.25) is 5.91 Å². The lowest BCUT2D eigenvalue weighted by Gasteiger charge is -2.39. The Morgan fingerprint density at radius 3 is 1.84 bits per heavy atom. The fourth-order valence-electron chi connectivity index (χ4n) is 2.20. The highest BCUT2D eigenvalue weighted by Gasteiger charge is 2.31. The average molecular weight is 270 g/mol. The normalized spacial score (nSPS) is 16.5. The van der Waals surface area contributed by atoms with Crippen molar-refractivity contribution in [2.75, 3.05) is 39.3 Å². The third-order valence-corrected chi connectivity index (χ3v) is 3.42. The van der Waals surface area contributed by atoms with Crippen LogP contribution in [0.4, 0.5) is 4.79 Å². The Morgan fingerprint density at radius 2 is 1.47 bits per heavy atom. The van der Waals surface area contributed by atoms with E-state index >= 15 is 0 Å². The van der Waals surface area contributed by atoms with Crippen LogP contribution in [0.25, 0.3) is 0 Å². The summed E-state index contributed by atoms with van der Waals surface area (Å²) in [4.78, 5) is 29.5. The van der Waals surface area contributed by atoms with Gasteiger partial charge in [0, 0.05) is 39.3 Å². The van der Waals surface area contributed by atoms with Crippen molar-refractivity contribution in [3.8, 4) is 0 Å². The smallest absolute Gasteiger partial charge is 0.320 e. The molecule has 19 heavy (non-hydrogen) atoms. The number of hydrogen-bond donors (Lipinski definition) is 1. The van der Waals surface area contributed by atoms with Gasteiger partial charge < -0.3 is 20.4 Å². The second-order valence-corrected chi connectivity index (χ2v) is 5.46. The van der Waals surface area contributed by atoms with Gasteiger partial charge in [-0.2, -0.15) is 0 Å². The molecule has 0 unspecified atom stereocenters. The summed E-state index contributed by atoms with van der Waals surface area (Å²) in [5, 5.41) is 0. The Bertz CT molecular complexity index is 326. The molecular weight excluding hydrogens is 244 g/mol. The Balaban J connectivity index is 2.54. The Morgan fingerprint density at radius 1 is 1.05 bits per heavy atom. The molecule has 2 N–H and O–H groups in total. The minimum Gasteiger partial charge on any atom is -0.338 e. The quantitative estimate of drug-likeness (QED) is 0.803. The molecule has 3 amide bonds. The van der Waals surface area contributed by atoms with Gasteiger partial charge in [0.25, 0.3) is 0 Å². The van der Waals surface area contributed by atoms with E-state index in [9.17, 15) is 9.59 Å². The summed E-state index contributed by atoms with van der Waals surface area (Å²) >= 11 is 0. The number of hydrogen-bond acceptors (Lipinski definition) is 3. The van der Waals surface area contributed by atoms with E-state index in [1.54, 1.807) is 28.5 Å². The van der Waals surface area contributed by atoms with E-state index in [0.717, 1.165) is 0 Å². The molecule has 1 fully saturated rings. The van der Waals surface area contributed by atoms with Crippen LogP contribution in [0.1, 0.15) is 27.7 Å². The lowest BCUT2D eigenvalue weighted by Crippen LogP contribution is -2.59. The van der Waals surface area contributed by atoms with E-state index in [1.165, 1.54) is 0 Å². The number of amides is 3. The van der Waals surface area contributed by atoms with Crippen LogP contribution in [0.2, 0.25) is 0 Å². The fraction of sp³-hybridized carbons (Fsp3) is 0.846. The number of piperazine rings is 1. The van der Waals surface area contributed by atoms with Crippen molar-refractivity contribution < 1.29 is 9.59 Å². The summed E-state index contributed by atoms with van der Waals surface area (Å²) in [5.41, 5.74) is 4.97. The molecule has 0 aromatic heterocycles. The van der Waals surface area contributed by atoms with Crippen molar-refractivity contribution in [3.05, 3.63) is 0 Å². The van der Waals surface area contributed by atoms with Crippen LogP contribution in [0.5, 0.6) is 0 Å². The van der Waals surface area contributed by atoms with Crippen molar-refractivity contribution >= 4 is 11.9 Å². The van der Waals surface area contributed by atoms with Crippen LogP contribution >= 0.6 is 0 Å². The van der Waals surface area contributed by atoms with E-state index in [4.69, 9.17) is 5.73 Å². The first-order chi connectivity index (χ1) is 8.81. The largest absolute Gasteiger partial charge is 0.338 e. The van der Waals surface area contributed by atoms with Gasteiger partial charge in [-0.1, -0.05) is 0 Å². The summed E-state index contributed by atoms with van der Waals surface area (Å²) in [5.74, 6) is -0.0533. The summed E-state index contributed by atoms with van der Waals surface area (Å²) < 4.78 is 0. The van der Waals surface area contributed by atoms with Crippen LogP contribution < -0.4 is 5.73 Å². The first kappa shape index (κ1) is 15.8. The summed E-state index contributed by atoms with van der Waals surface area (Å²) in [6, 6.07) is 0.0594. The molecule has 0 bridgehead atoms. The number of nitrogens with zero attached hydrogens (tertiary/aromatic N) is 3. The monoisotopic (exact) mass is 270 g/mol. The molecule has 0 aromatic rings. The predicted molar refractivity (Wildman–Crippen MR) is 74.7 cm³/mol. The molecular formula is C13H26N4O2. The molecule has 1 aliphatic rings. The Labute approximate surface area is 115 Å². The molecule has 1 rings (SSSR count). The second kappa shape index (κ2) is 6.23. The highest BCUT2D eigenvalue weighted by Crippen LogP contribution is 2.10. The molecule has 0 aromatic carbocycles. The summed E-state index contributed by atoms with van der Waals surface area (Å²) in [7, 11) is 0. The molecule has 6 nitrogen and oxygen atoms in total. The number of carbonyl (C=O) groups is 2. The van der Waals surface area contributed by atoms with Crippen LogP contribution in [-0.4, -0.2) is 71.4 Å². The molecule has 6 heteroatoms. The van der Waals surface area contributed by atoms with Gasteiger partial charge in [-0.15, -0.1) is 0 Å². The van der Waals surface area contributed by atoms with E-state index in [-0.39, 0.29) is 11.9 Å². The summed E-state index contributed by atoms with van der Waals surface area (Å²) in [6.07, 6.45) is 0. The molecule has 1 aliphatic heterocycles. The molecule has 0 atom stereocenters. The maximum absolute atomic E-state index is 12.2. The Hall–Kier alpha value is -1.30. The van der Waals surface area contributed by atoms with Crippen LogP contribution in [0, 0.1) is 0 Å². The molecule has 0 spiro atoms. The van der Waals surface area contributed by atoms with E-state index in [1.807, 2.05) is 13.8 Å². The zero-order chi connectivity index (χ0) is 14.6. The number of nitrogens with two attached hydrogens (primary N) is 1. The minimum atomic E-state index is -0.842. The van der Waals surface area contributed by atoms with Crippen molar-refractivity contribution in [2.45, 2.75) is 33.2 Å². The van der Waals surface area contributed by atoms with Crippen molar-refractivity contribution in [3.63, 3.8) is 0 Å². The third-order valence-electron chi connectivity index (χ3n) is 3.42. The topological polar surface area (TPSA) is 69.9 Å². The molecule has 110 valence electrons. The highest BCUT2D eigenvalue weighted by molar-refractivity contribution is 5.85. The lowest BCUT2D eigenvalue weighted by atomic mass is 10.1. The predicted octanol–water partition coefficient (Wildman–Crippen LogP) is 0.330. The highest BCUT2D eigenvalue weighted by atomic mass is 16.2. The lowest BCUT2D eigenvalue weighted by molar-refractivity contribution is -0.137. The zero-order valence-corrected chi connectivity index (χ0v) is 12.5. The first-order valence-electron chi connectivity index (χ1n) is 6.93. The van der Waals surface area contributed by atoms with Gasteiger partial charge >= 0.3 is 6.03 Å². The number of carbonyl (C=O) groups excluding carboxylic acids is 2. The third kappa shape index (κ3) is 3.83. The van der Waals surface area contributed by atoms with Gasteiger partial charge in [0.05, 0.1) is 5.54 Å². The molecule has 0 aliphatic carbocycles. The van der Waals surface area contributed by atoms with Gasteiger partial charge in [-0.3, -0.25) is 4.79 Å². The van der Waals surface area contributed by atoms with Gasteiger partial charge in [0.1, 0.15) is 0 Å². The van der Waals surface area contributed by atoms with Gasteiger partial charge in [-0.25, -0.2) is 4.79 Å².